The number of benzene rings is 1. The zero-order valence-corrected chi connectivity index (χ0v) is 13.6. The maximum atomic E-state index is 13.3. The van der Waals surface area contributed by atoms with Crippen molar-refractivity contribution in [3.05, 3.63) is 29.6 Å². The maximum absolute atomic E-state index is 13.3. The molecule has 2 rings (SSSR count). The number of thiol groups is 1. The van der Waals surface area contributed by atoms with Crippen LogP contribution in [0.5, 0.6) is 5.75 Å². The lowest BCUT2D eigenvalue weighted by Gasteiger charge is -2.24. The van der Waals surface area contributed by atoms with Crippen LogP contribution in [-0.4, -0.2) is 63.3 Å². The average Bonchev–Trinajstić information content (AvgIpc) is 2.90. The van der Waals surface area contributed by atoms with Gasteiger partial charge in [-0.1, -0.05) is 0 Å². The number of rotatable bonds is 6. The number of hydrogen-bond acceptors (Lipinski definition) is 6. The topological polar surface area (TPSA) is 73.1 Å². The molecule has 1 aliphatic heterocycles. The van der Waals surface area contributed by atoms with Gasteiger partial charge in [-0.3, -0.25) is 14.7 Å². The first-order valence-electron chi connectivity index (χ1n) is 6.65. The van der Waals surface area contributed by atoms with Crippen molar-refractivity contribution in [1.29, 1.82) is 0 Å². The fourth-order valence-electron chi connectivity index (χ4n) is 2.20. The Balaban J connectivity index is 2.09. The van der Waals surface area contributed by atoms with Crippen molar-refractivity contribution in [2.45, 2.75) is 12.1 Å². The number of thioether (sulfide) groups is 1. The lowest BCUT2D eigenvalue weighted by molar-refractivity contribution is -0.141. The second-order valence-electron chi connectivity index (χ2n) is 5.04. The average molecular weight is 344 g/mol. The number of phenols is 1. The third kappa shape index (κ3) is 3.93. The van der Waals surface area contributed by atoms with Gasteiger partial charge in [-0.25, -0.2) is 4.39 Å². The van der Waals surface area contributed by atoms with Gasteiger partial charge >= 0.3 is 5.97 Å². The van der Waals surface area contributed by atoms with E-state index in [0.717, 1.165) is 0 Å². The van der Waals surface area contributed by atoms with E-state index in [1.165, 1.54) is 30.0 Å². The van der Waals surface area contributed by atoms with Crippen molar-refractivity contribution in [2.24, 2.45) is 4.99 Å². The number of carboxylic acids is 1. The van der Waals surface area contributed by atoms with Crippen molar-refractivity contribution < 1.29 is 19.4 Å². The first-order valence-corrected chi connectivity index (χ1v) is 8.27. The lowest BCUT2D eigenvalue weighted by Crippen LogP contribution is -2.43. The summed E-state index contributed by atoms with van der Waals surface area (Å²) in [5.74, 6) is -0.491. The van der Waals surface area contributed by atoms with Crippen LogP contribution in [0.2, 0.25) is 0 Å². The first-order chi connectivity index (χ1) is 10.4. The third-order valence-electron chi connectivity index (χ3n) is 3.39. The smallest absolute Gasteiger partial charge is 0.321 e. The Kier molecular flexibility index (Phi) is 5.71. The predicted octanol–water partition coefficient (Wildman–Crippen LogP) is 1.71. The van der Waals surface area contributed by atoms with Crippen LogP contribution in [0.4, 0.5) is 4.39 Å². The van der Waals surface area contributed by atoms with Crippen LogP contribution in [0.3, 0.4) is 0 Å². The summed E-state index contributed by atoms with van der Waals surface area (Å²) < 4.78 is 13.3. The van der Waals surface area contributed by atoms with Crippen LogP contribution in [0.15, 0.2) is 23.2 Å². The van der Waals surface area contributed by atoms with E-state index in [0.29, 0.717) is 22.9 Å². The Hall–Kier alpha value is -1.25. The van der Waals surface area contributed by atoms with E-state index in [1.54, 1.807) is 11.9 Å². The number of nitrogens with zero attached hydrogens (tertiary/aromatic N) is 2. The van der Waals surface area contributed by atoms with E-state index in [1.807, 2.05) is 0 Å². The van der Waals surface area contributed by atoms with Crippen molar-refractivity contribution in [1.82, 2.24) is 4.90 Å². The Morgan fingerprint density at radius 3 is 3.00 bits per heavy atom. The molecule has 0 unspecified atom stereocenters. The van der Waals surface area contributed by atoms with E-state index in [9.17, 15) is 14.3 Å². The van der Waals surface area contributed by atoms with Gasteiger partial charge in [-0.05, 0) is 25.2 Å². The minimum atomic E-state index is -0.921. The number of halogens is 1. The molecule has 1 aliphatic rings. The molecule has 1 heterocycles. The van der Waals surface area contributed by atoms with Crippen molar-refractivity contribution in [2.75, 3.05) is 25.1 Å². The maximum Gasteiger partial charge on any atom is 0.321 e. The molecule has 22 heavy (non-hydrogen) atoms. The summed E-state index contributed by atoms with van der Waals surface area (Å²) in [4.78, 5) is 17.3. The van der Waals surface area contributed by atoms with Gasteiger partial charge in [0.15, 0.2) is 0 Å². The van der Waals surface area contributed by atoms with Gasteiger partial charge in [-0.2, -0.15) is 12.6 Å². The molecule has 0 saturated carbocycles. The molecule has 2 N–H and O–H groups in total. The highest BCUT2D eigenvalue weighted by molar-refractivity contribution is 8.14. The number of carbonyl (C=O) groups is 1. The highest BCUT2D eigenvalue weighted by Crippen LogP contribution is 2.29. The Morgan fingerprint density at radius 1 is 1.64 bits per heavy atom. The summed E-state index contributed by atoms with van der Waals surface area (Å²) in [6.07, 6.45) is 0. The molecule has 0 radical (unpaired) electrons. The van der Waals surface area contributed by atoms with Crippen molar-refractivity contribution in [3.8, 4) is 5.75 Å². The third-order valence-corrected chi connectivity index (χ3v) is 4.89. The molecule has 0 saturated heterocycles. The van der Waals surface area contributed by atoms with Crippen LogP contribution in [0, 0.1) is 5.82 Å². The van der Waals surface area contributed by atoms with E-state index < -0.39 is 17.8 Å². The highest BCUT2D eigenvalue weighted by Gasteiger charge is 2.27. The molecule has 120 valence electrons. The summed E-state index contributed by atoms with van der Waals surface area (Å²) in [7, 11) is 1.72. The molecular formula is C14H17FN2O3S2. The lowest BCUT2D eigenvalue weighted by atomic mass is 10.2. The van der Waals surface area contributed by atoms with Crippen LogP contribution in [0.25, 0.3) is 0 Å². The molecule has 2 atom stereocenters. The Morgan fingerprint density at radius 2 is 2.36 bits per heavy atom. The Labute approximate surface area is 137 Å². The minimum Gasteiger partial charge on any atom is -0.507 e. The van der Waals surface area contributed by atoms with Crippen molar-refractivity contribution >= 4 is 35.4 Å². The fourth-order valence-corrected chi connectivity index (χ4v) is 3.71. The molecule has 0 aliphatic carbocycles. The SMILES string of the molecule is CN(C[C@@H]1CSC(c2cc(F)ccc2O)=N1)[C@H](CS)C(=O)O. The van der Waals surface area contributed by atoms with Gasteiger partial charge < -0.3 is 10.2 Å². The van der Waals surface area contributed by atoms with Gasteiger partial charge in [0.05, 0.1) is 11.6 Å². The number of aliphatic imine (C=N–C) groups is 1. The first kappa shape index (κ1) is 17.1. The van der Waals surface area contributed by atoms with Crippen LogP contribution in [-0.2, 0) is 4.79 Å². The zero-order chi connectivity index (χ0) is 16.3. The normalized spacial score (nSPS) is 19.3. The number of phenolic OH excluding ortho intramolecular Hbond substituents is 1. The second-order valence-corrected chi connectivity index (χ2v) is 6.41. The van der Waals surface area contributed by atoms with Crippen LogP contribution in [0.1, 0.15) is 5.56 Å². The molecule has 0 bridgehead atoms. The Bertz CT molecular complexity index is 597. The molecule has 1 aromatic carbocycles. The quantitative estimate of drug-likeness (QED) is 0.685. The molecule has 0 fully saturated rings. The molecule has 5 nitrogen and oxygen atoms in total. The molecular weight excluding hydrogens is 327 g/mol. The predicted molar refractivity (Wildman–Crippen MR) is 88.8 cm³/mol. The number of carboxylic acid groups (broad SMARTS) is 1. The monoisotopic (exact) mass is 344 g/mol. The summed E-state index contributed by atoms with van der Waals surface area (Å²) in [6.45, 7) is 0.462. The second kappa shape index (κ2) is 7.34. The largest absolute Gasteiger partial charge is 0.507 e. The summed E-state index contributed by atoms with van der Waals surface area (Å²) in [6, 6.07) is 2.97. The number of hydrogen-bond donors (Lipinski definition) is 3. The molecule has 8 heteroatoms. The van der Waals surface area contributed by atoms with Gasteiger partial charge in [-0.15, -0.1) is 11.8 Å². The summed E-state index contributed by atoms with van der Waals surface area (Å²) in [5, 5.41) is 19.5. The molecule has 0 amide bonds. The van der Waals surface area contributed by atoms with E-state index in [2.05, 4.69) is 17.6 Å². The standard InChI is InChI=1S/C14H17FN2O3S2/c1-17(11(6-21)14(19)20)5-9-7-22-13(16-9)10-4-8(15)2-3-12(10)18/h2-4,9,11,18,21H,5-7H2,1H3,(H,19,20)/t9-,11-/m1/s1. The zero-order valence-electron chi connectivity index (χ0n) is 11.9. The van der Waals surface area contributed by atoms with Crippen molar-refractivity contribution in [3.63, 3.8) is 0 Å². The fraction of sp³-hybridized carbons (Fsp3) is 0.429. The molecule has 1 aromatic rings. The molecule has 0 aromatic heterocycles. The van der Waals surface area contributed by atoms with Gasteiger partial charge in [0.1, 0.15) is 22.7 Å². The minimum absolute atomic E-state index is 0.0135. The van der Waals surface area contributed by atoms with Crippen LogP contribution >= 0.6 is 24.4 Å². The number of aromatic hydroxyl groups is 1. The number of aliphatic carboxylic acids is 1. The van der Waals surface area contributed by atoms with E-state index in [-0.39, 0.29) is 17.5 Å². The molecule has 0 spiro atoms. The van der Waals surface area contributed by atoms with Gasteiger partial charge in [0.2, 0.25) is 0 Å². The highest BCUT2D eigenvalue weighted by atomic mass is 32.2. The summed E-state index contributed by atoms with van der Waals surface area (Å²) in [5.41, 5.74) is 0.374. The van der Waals surface area contributed by atoms with Gasteiger partial charge in [0, 0.05) is 18.1 Å². The van der Waals surface area contributed by atoms with Gasteiger partial charge in [0.25, 0.3) is 0 Å². The van der Waals surface area contributed by atoms with Crippen LogP contribution < -0.4 is 0 Å². The van der Waals surface area contributed by atoms with E-state index >= 15 is 0 Å². The summed E-state index contributed by atoms with van der Waals surface area (Å²) >= 11 is 5.48. The number of likely N-dealkylation sites (N-methyl/N-ethyl adjacent to an activating group) is 1. The van der Waals surface area contributed by atoms with E-state index in [4.69, 9.17) is 5.11 Å².